The summed E-state index contributed by atoms with van der Waals surface area (Å²) in [6, 6.07) is 8.00. The van der Waals surface area contributed by atoms with Gasteiger partial charge < -0.3 is 19.3 Å². The zero-order chi connectivity index (χ0) is 25.4. The van der Waals surface area contributed by atoms with E-state index in [9.17, 15) is 9.36 Å². The average molecular weight is 508 g/mol. The zero-order valence-electron chi connectivity index (χ0n) is 22.3. The Morgan fingerprint density at radius 3 is 2.31 bits per heavy atom. The van der Waals surface area contributed by atoms with Crippen molar-refractivity contribution in [2.75, 3.05) is 13.0 Å². The molecule has 0 spiro atoms. The molecular weight excluding hydrogens is 461 g/mol. The Hall–Kier alpha value is -1.52. The first-order valence-corrected chi connectivity index (χ1v) is 15.5. The average Bonchev–Trinajstić information content (AvgIpc) is 3.25. The van der Waals surface area contributed by atoms with Crippen molar-refractivity contribution in [1.82, 2.24) is 5.32 Å². The van der Waals surface area contributed by atoms with E-state index < -0.39 is 13.0 Å². The molecule has 0 aromatic heterocycles. The Morgan fingerprint density at radius 2 is 1.71 bits per heavy atom. The Balaban J connectivity index is 1.60. The van der Waals surface area contributed by atoms with Gasteiger partial charge in [0.1, 0.15) is 11.4 Å². The molecule has 0 aliphatic heterocycles. The number of amides is 1. The summed E-state index contributed by atoms with van der Waals surface area (Å²) >= 11 is 0. The van der Waals surface area contributed by atoms with Crippen LogP contribution in [0.1, 0.15) is 104 Å². The van der Waals surface area contributed by atoms with E-state index in [1.54, 1.807) is 0 Å². The van der Waals surface area contributed by atoms with Crippen molar-refractivity contribution in [2.24, 2.45) is 0 Å². The molecule has 6 nitrogen and oxygen atoms in total. The normalized spacial score (nSPS) is 20.2. The Labute approximate surface area is 212 Å². The van der Waals surface area contributed by atoms with E-state index in [1.165, 1.54) is 6.42 Å². The van der Waals surface area contributed by atoms with E-state index in [-0.39, 0.29) is 23.6 Å². The van der Waals surface area contributed by atoms with Gasteiger partial charge in [-0.2, -0.15) is 0 Å². The number of hydrogen-bond donors (Lipinski definition) is 1. The van der Waals surface area contributed by atoms with Crippen LogP contribution in [-0.4, -0.2) is 35.8 Å². The predicted molar refractivity (Wildman–Crippen MR) is 142 cm³/mol. The summed E-state index contributed by atoms with van der Waals surface area (Å²) in [5, 5.41) is 3.17. The highest BCUT2D eigenvalue weighted by atomic mass is 31.2. The fourth-order valence-corrected chi connectivity index (χ4v) is 7.68. The molecule has 0 saturated heterocycles. The van der Waals surface area contributed by atoms with Crippen LogP contribution < -0.4 is 10.1 Å². The monoisotopic (exact) mass is 507 g/mol. The van der Waals surface area contributed by atoms with Crippen molar-refractivity contribution in [3.05, 3.63) is 29.8 Å². The summed E-state index contributed by atoms with van der Waals surface area (Å²) in [6.45, 7) is 8.31. The molecule has 2 aliphatic rings. The zero-order valence-corrected chi connectivity index (χ0v) is 23.2. The van der Waals surface area contributed by atoms with Gasteiger partial charge in [-0.15, -0.1) is 0 Å². The molecule has 3 rings (SSSR count). The van der Waals surface area contributed by atoms with Crippen molar-refractivity contribution in [3.63, 3.8) is 0 Å². The van der Waals surface area contributed by atoms with E-state index in [4.69, 9.17) is 14.0 Å². The first-order valence-electron chi connectivity index (χ1n) is 13.6. The molecule has 0 bridgehead atoms. The van der Waals surface area contributed by atoms with Gasteiger partial charge in [0.15, 0.2) is 6.35 Å². The summed E-state index contributed by atoms with van der Waals surface area (Å²) in [6.07, 6.45) is 12.0. The maximum atomic E-state index is 13.8. The van der Waals surface area contributed by atoms with Crippen LogP contribution in [0.5, 0.6) is 5.75 Å². The van der Waals surface area contributed by atoms with Crippen molar-refractivity contribution < 1.29 is 23.4 Å². The van der Waals surface area contributed by atoms with E-state index in [0.29, 0.717) is 12.4 Å². The van der Waals surface area contributed by atoms with E-state index in [2.05, 4.69) is 24.4 Å². The van der Waals surface area contributed by atoms with Crippen LogP contribution >= 0.6 is 7.37 Å². The minimum absolute atomic E-state index is 0.119. The second-order valence-corrected chi connectivity index (χ2v) is 14.1. The third kappa shape index (κ3) is 8.82. The summed E-state index contributed by atoms with van der Waals surface area (Å²) in [5.41, 5.74) is 0.479. The number of unbranched alkanes of at least 4 members (excludes halogenated alkanes) is 1. The van der Waals surface area contributed by atoms with Crippen LogP contribution in [0, 0.1) is 0 Å². The predicted octanol–water partition coefficient (Wildman–Crippen LogP) is 7.83. The Bertz CT molecular complexity index is 836. The van der Waals surface area contributed by atoms with E-state index in [0.717, 1.165) is 76.2 Å². The maximum absolute atomic E-state index is 13.8. The molecule has 0 heterocycles. The van der Waals surface area contributed by atoms with Crippen molar-refractivity contribution in [1.29, 1.82) is 0 Å². The van der Waals surface area contributed by atoms with Gasteiger partial charge in [-0.25, -0.2) is 4.79 Å². The standard InChI is InChI=1S/C28H46NO5P/c1-5-6-20-33-35(31,25-12-8-7-9-13-25)22-32-24-16-14-23(15-17-24)21-28(18-10-11-19-28)29-26(30)34-27(2,3)4/h14-17,25H,5-13,18-22H2,1-4H3,(H,29,30). The fraction of sp³-hybridized carbons (Fsp3) is 0.750. The second-order valence-electron chi connectivity index (χ2n) is 11.4. The number of alkyl carbamates (subject to hydrolysis) is 1. The van der Waals surface area contributed by atoms with Crippen LogP contribution in [-0.2, 0) is 20.2 Å². The lowest BCUT2D eigenvalue weighted by Crippen LogP contribution is -2.49. The first-order chi connectivity index (χ1) is 16.6. The van der Waals surface area contributed by atoms with E-state index >= 15 is 0 Å². The maximum Gasteiger partial charge on any atom is 0.408 e. The highest BCUT2D eigenvalue weighted by Crippen LogP contribution is 2.56. The quantitative estimate of drug-likeness (QED) is 0.244. The molecule has 2 saturated carbocycles. The highest BCUT2D eigenvalue weighted by molar-refractivity contribution is 7.59. The van der Waals surface area contributed by atoms with Crippen molar-refractivity contribution in [2.45, 2.75) is 122 Å². The third-order valence-electron chi connectivity index (χ3n) is 7.14. The van der Waals surface area contributed by atoms with Crippen LogP contribution in [0.3, 0.4) is 0 Å². The number of benzene rings is 1. The van der Waals surface area contributed by atoms with Gasteiger partial charge in [-0.05, 0) is 77.0 Å². The van der Waals surface area contributed by atoms with Crippen molar-refractivity contribution >= 4 is 13.5 Å². The van der Waals surface area contributed by atoms with Gasteiger partial charge >= 0.3 is 6.09 Å². The second kappa shape index (κ2) is 12.6. The molecule has 1 atom stereocenters. The molecule has 35 heavy (non-hydrogen) atoms. The van der Waals surface area contributed by atoms with Gasteiger partial charge in [-0.1, -0.05) is 57.6 Å². The lowest BCUT2D eigenvalue weighted by molar-refractivity contribution is 0.0456. The third-order valence-corrected chi connectivity index (χ3v) is 9.88. The molecule has 2 fully saturated rings. The van der Waals surface area contributed by atoms with Crippen molar-refractivity contribution in [3.8, 4) is 5.75 Å². The molecule has 1 aromatic rings. The molecule has 1 aromatic carbocycles. The number of carbonyl (C=O) groups excluding carboxylic acids is 1. The fourth-order valence-electron chi connectivity index (χ4n) is 5.26. The van der Waals surface area contributed by atoms with E-state index in [1.807, 2.05) is 32.9 Å². The molecule has 1 amide bonds. The number of nitrogens with one attached hydrogen (secondary N) is 1. The summed E-state index contributed by atoms with van der Waals surface area (Å²) < 4.78 is 31.3. The molecule has 1 unspecified atom stereocenters. The molecule has 198 valence electrons. The van der Waals surface area contributed by atoms with Gasteiger partial charge in [0.05, 0.1) is 6.61 Å². The van der Waals surface area contributed by atoms with Crippen LogP contribution in [0.2, 0.25) is 0 Å². The SMILES string of the molecule is CCCCOP(=O)(COc1ccc(CC2(NC(=O)OC(C)(C)C)CCCC2)cc1)C1CCCCC1. The Kier molecular flexibility index (Phi) is 10.1. The van der Waals surface area contributed by atoms with Gasteiger partial charge in [0, 0.05) is 11.2 Å². The minimum atomic E-state index is -2.85. The number of hydrogen-bond acceptors (Lipinski definition) is 5. The van der Waals surface area contributed by atoms with Crippen LogP contribution in [0.25, 0.3) is 0 Å². The van der Waals surface area contributed by atoms with Gasteiger partial charge in [-0.3, -0.25) is 4.57 Å². The highest BCUT2D eigenvalue weighted by Gasteiger charge is 2.37. The molecule has 2 aliphatic carbocycles. The lowest BCUT2D eigenvalue weighted by atomic mass is 9.89. The minimum Gasteiger partial charge on any atom is -0.484 e. The lowest BCUT2D eigenvalue weighted by Gasteiger charge is -2.32. The summed E-state index contributed by atoms with van der Waals surface area (Å²) in [4.78, 5) is 12.5. The Morgan fingerprint density at radius 1 is 1.06 bits per heavy atom. The topological polar surface area (TPSA) is 73.9 Å². The van der Waals surface area contributed by atoms with Crippen LogP contribution in [0.15, 0.2) is 24.3 Å². The largest absolute Gasteiger partial charge is 0.484 e. The first kappa shape index (κ1) is 28.1. The van der Waals surface area contributed by atoms with Crippen LogP contribution in [0.4, 0.5) is 4.79 Å². The number of ether oxygens (including phenoxy) is 2. The summed E-state index contributed by atoms with van der Waals surface area (Å²) in [5.74, 6) is 0.712. The number of carbonyl (C=O) groups is 1. The van der Waals surface area contributed by atoms with Gasteiger partial charge in [0.25, 0.3) is 0 Å². The molecular formula is C28H46NO5P. The van der Waals surface area contributed by atoms with Gasteiger partial charge in [0.2, 0.25) is 7.37 Å². The molecule has 7 heteroatoms. The molecule has 1 N–H and O–H groups in total. The number of rotatable bonds is 11. The summed E-state index contributed by atoms with van der Waals surface area (Å²) in [7, 11) is -2.85. The smallest absolute Gasteiger partial charge is 0.408 e. The molecule has 0 radical (unpaired) electrons.